The summed E-state index contributed by atoms with van der Waals surface area (Å²) in [6.45, 7) is 3.65. The van der Waals surface area contributed by atoms with Crippen LogP contribution in [0.25, 0.3) is 0 Å². The van der Waals surface area contributed by atoms with Crippen molar-refractivity contribution in [3.8, 4) is 0 Å². The van der Waals surface area contributed by atoms with E-state index in [1.807, 2.05) is 6.92 Å². The van der Waals surface area contributed by atoms with E-state index in [-0.39, 0.29) is 19.0 Å². The number of amides is 1. The molecule has 2 heterocycles. The molecule has 0 saturated heterocycles. The van der Waals surface area contributed by atoms with Crippen molar-refractivity contribution in [2.75, 3.05) is 7.05 Å². The molecule has 0 aromatic carbocycles. The highest BCUT2D eigenvalue weighted by atomic mass is 16.5. The first-order valence-electron chi connectivity index (χ1n) is 6.89. The normalized spacial score (nSPS) is 10.7. The highest BCUT2D eigenvalue weighted by molar-refractivity contribution is 5.75. The van der Waals surface area contributed by atoms with Gasteiger partial charge in [0.15, 0.2) is 5.76 Å². The van der Waals surface area contributed by atoms with Gasteiger partial charge >= 0.3 is 5.69 Å². The fraction of sp³-hybridized carbons (Fsp3) is 0.429. The molecule has 8 heteroatoms. The van der Waals surface area contributed by atoms with Gasteiger partial charge < -0.3 is 9.42 Å². The van der Waals surface area contributed by atoms with E-state index in [9.17, 15) is 14.4 Å². The van der Waals surface area contributed by atoms with Gasteiger partial charge in [-0.3, -0.25) is 19.1 Å². The number of H-pyrrole nitrogens is 1. The lowest BCUT2D eigenvalue weighted by molar-refractivity contribution is -0.131. The number of carbonyl (C=O) groups excluding carboxylic acids is 1. The lowest BCUT2D eigenvalue weighted by Gasteiger charge is -2.16. The van der Waals surface area contributed by atoms with E-state index in [0.717, 1.165) is 12.1 Å². The number of aromatic nitrogens is 3. The highest BCUT2D eigenvalue weighted by Gasteiger charge is 2.14. The fourth-order valence-corrected chi connectivity index (χ4v) is 1.92. The zero-order valence-corrected chi connectivity index (χ0v) is 12.8. The Morgan fingerprint density at radius 1 is 1.45 bits per heavy atom. The SMILES string of the molecule is CCc1cc(CN(C)C(=O)Cn2cc(C)c(=O)[nH]c2=O)on1. The van der Waals surface area contributed by atoms with Gasteiger partial charge in [0.25, 0.3) is 5.56 Å². The molecule has 2 aromatic heterocycles. The minimum atomic E-state index is -0.606. The van der Waals surface area contributed by atoms with Crippen molar-refractivity contribution in [3.63, 3.8) is 0 Å². The Morgan fingerprint density at radius 3 is 2.82 bits per heavy atom. The quantitative estimate of drug-likeness (QED) is 0.841. The Kier molecular flexibility index (Phi) is 4.59. The Balaban J connectivity index is 2.07. The van der Waals surface area contributed by atoms with E-state index >= 15 is 0 Å². The van der Waals surface area contributed by atoms with Crippen molar-refractivity contribution >= 4 is 5.91 Å². The lowest BCUT2D eigenvalue weighted by atomic mass is 10.3. The maximum absolute atomic E-state index is 12.2. The Bertz CT molecular complexity index is 787. The molecule has 0 spiro atoms. The minimum absolute atomic E-state index is 0.151. The van der Waals surface area contributed by atoms with Crippen LogP contribution in [0.4, 0.5) is 0 Å². The molecule has 0 unspecified atom stereocenters. The molecule has 0 aliphatic rings. The van der Waals surface area contributed by atoms with Crippen molar-refractivity contribution in [2.24, 2.45) is 0 Å². The topological polar surface area (TPSA) is 101 Å². The number of carbonyl (C=O) groups is 1. The number of hydrogen-bond acceptors (Lipinski definition) is 5. The summed E-state index contributed by atoms with van der Waals surface area (Å²) in [5.41, 5.74) is 0.141. The summed E-state index contributed by atoms with van der Waals surface area (Å²) in [6.07, 6.45) is 2.13. The number of aryl methyl sites for hydroxylation is 2. The molecule has 1 N–H and O–H groups in total. The molecule has 0 radical (unpaired) electrons. The van der Waals surface area contributed by atoms with Crippen LogP contribution in [0.5, 0.6) is 0 Å². The lowest BCUT2D eigenvalue weighted by Crippen LogP contribution is -2.37. The molecule has 0 aliphatic carbocycles. The van der Waals surface area contributed by atoms with Crippen LogP contribution >= 0.6 is 0 Å². The summed E-state index contributed by atoms with van der Waals surface area (Å²) in [6, 6.07) is 1.79. The number of likely N-dealkylation sites (N-methyl/N-ethyl adjacent to an activating group) is 1. The van der Waals surface area contributed by atoms with Crippen molar-refractivity contribution in [1.29, 1.82) is 0 Å². The van der Waals surface area contributed by atoms with Gasteiger partial charge in [0, 0.05) is 24.9 Å². The fourth-order valence-electron chi connectivity index (χ4n) is 1.92. The van der Waals surface area contributed by atoms with Crippen LogP contribution in [0, 0.1) is 6.92 Å². The van der Waals surface area contributed by atoms with Crippen molar-refractivity contribution in [1.82, 2.24) is 19.6 Å². The highest BCUT2D eigenvalue weighted by Crippen LogP contribution is 2.07. The first kappa shape index (κ1) is 15.7. The zero-order chi connectivity index (χ0) is 16.3. The maximum atomic E-state index is 12.2. The molecule has 22 heavy (non-hydrogen) atoms. The average molecular weight is 306 g/mol. The average Bonchev–Trinajstić information content (AvgIpc) is 2.92. The monoisotopic (exact) mass is 306 g/mol. The molecule has 0 aliphatic heterocycles. The van der Waals surface area contributed by atoms with Gasteiger partial charge in [-0.1, -0.05) is 12.1 Å². The molecule has 0 saturated carbocycles. The molecule has 1 amide bonds. The number of aromatic amines is 1. The number of nitrogens with zero attached hydrogens (tertiary/aromatic N) is 3. The molecule has 2 rings (SSSR count). The zero-order valence-electron chi connectivity index (χ0n) is 12.8. The Hall–Kier alpha value is -2.64. The summed E-state index contributed by atoms with van der Waals surface area (Å²) in [5, 5.41) is 3.86. The summed E-state index contributed by atoms with van der Waals surface area (Å²) in [4.78, 5) is 38.7. The molecule has 8 nitrogen and oxygen atoms in total. The predicted octanol–water partition coefficient (Wildman–Crippen LogP) is 0.0540. The first-order valence-corrected chi connectivity index (χ1v) is 6.89. The third kappa shape index (κ3) is 3.51. The van der Waals surface area contributed by atoms with Gasteiger partial charge in [-0.05, 0) is 13.3 Å². The maximum Gasteiger partial charge on any atom is 0.328 e. The van der Waals surface area contributed by atoms with Crippen LogP contribution in [-0.4, -0.2) is 32.6 Å². The molecular formula is C14H18N4O4. The largest absolute Gasteiger partial charge is 0.359 e. The van der Waals surface area contributed by atoms with E-state index in [1.54, 1.807) is 20.0 Å². The second-order valence-corrected chi connectivity index (χ2v) is 5.09. The summed E-state index contributed by atoms with van der Waals surface area (Å²) in [7, 11) is 1.61. The molecule has 0 bridgehead atoms. The molecular weight excluding hydrogens is 288 g/mol. The van der Waals surface area contributed by atoms with E-state index < -0.39 is 11.2 Å². The molecule has 2 aromatic rings. The van der Waals surface area contributed by atoms with Crippen LogP contribution in [-0.2, 0) is 24.3 Å². The van der Waals surface area contributed by atoms with Crippen molar-refractivity contribution in [3.05, 3.63) is 50.1 Å². The van der Waals surface area contributed by atoms with Gasteiger partial charge in [-0.25, -0.2) is 4.79 Å². The Morgan fingerprint density at radius 2 is 2.18 bits per heavy atom. The second-order valence-electron chi connectivity index (χ2n) is 5.09. The number of rotatable bonds is 5. The van der Waals surface area contributed by atoms with Gasteiger partial charge in [0.05, 0.1) is 12.2 Å². The van der Waals surface area contributed by atoms with E-state index in [0.29, 0.717) is 11.3 Å². The summed E-state index contributed by atoms with van der Waals surface area (Å²) >= 11 is 0. The van der Waals surface area contributed by atoms with E-state index in [1.165, 1.54) is 15.7 Å². The smallest absolute Gasteiger partial charge is 0.328 e. The van der Waals surface area contributed by atoms with Crippen LogP contribution in [0.2, 0.25) is 0 Å². The van der Waals surface area contributed by atoms with E-state index in [2.05, 4.69) is 10.1 Å². The van der Waals surface area contributed by atoms with Gasteiger partial charge in [-0.15, -0.1) is 0 Å². The first-order chi connectivity index (χ1) is 10.4. The van der Waals surface area contributed by atoms with Gasteiger partial charge in [0.1, 0.15) is 6.54 Å². The number of nitrogens with one attached hydrogen (secondary N) is 1. The van der Waals surface area contributed by atoms with Crippen LogP contribution in [0.15, 0.2) is 26.4 Å². The minimum Gasteiger partial charge on any atom is -0.359 e. The standard InChI is InChI=1S/C14H18N4O4/c1-4-10-5-11(22-16-10)7-17(3)12(19)8-18-6-9(2)13(20)15-14(18)21/h5-6H,4,7-8H2,1-3H3,(H,15,20,21). The molecule has 0 atom stereocenters. The van der Waals surface area contributed by atoms with Crippen LogP contribution < -0.4 is 11.2 Å². The third-order valence-electron chi connectivity index (χ3n) is 3.28. The predicted molar refractivity (Wildman–Crippen MR) is 78.4 cm³/mol. The second kappa shape index (κ2) is 6.42. The summed E-state index contributed by atoms with van der Waals surface area (Å²) < 4.78 is 6.30. The van der Waals surface area contributed by atoms with Gasteiger partial charge in [-0.2, -0.15) is 0 Å². The van der Waals surface area contributed by atoms with Crippen LogP contribution in [0.1, 0.15) is 23.9 Å². The number of hydrogen-bond donors (Lipinski definition) is 1. The van der Waals surface area contributed by atoms with E-state index in [4.69, 9.17) is 4.52 Å². The van der Waals surface area contributed by atoms with Crippen LogP contribution in [0.3, 0.4) is 0 Å². The van der Waals surface area contributed by atoms with Crippen molar-refractivity contribution in [2.45, 2.75) is 33.4 Å². The molecule has 0 fully saturated rings. The van der Waals surface area contributed by atoms with Crippen molar-refractivity contribution < 1.29 is 9.32 Å². The third-order valence-corrected chi connectivity index (χ3v) is 3.28. The summed E-state index contributed by atoms with van der Waals surface area (Å²) in [5.74, 6) is 0.306. The Labute approximate surface area is 126 Å². The molecule has 118 valence electrons. The van der Waals surface area contributed by atoms with Gasteiger partial charge in [0.2, 0.25) is 5.91 Å².